The third kappa shape index (κ3) is 2.90. The van der Waals surface area contributed by atoms with Crippen LogP contribution in [0.5, 0.6) is 0 Å². The standard InChI is InChI=1S/C15H17NS/c1-16(2)15(17)14-10-8-13(9-11-14)12-6-4-3-5-7-12/h3-11,15,17H,1-2H3. The number of hydrogen-bond acceptors (Lipinski definition) is 2. The number of nitrogens with zero attached hydrogens (tertiary/aromatic N) is 1. The summed E-state index contributed by atoms with van der Waals surface area (Å²) in [5, 5.41) is 0.153. The summed E-state index contributed by atoms with van der Waals surface area (Å²) in [5.74, 6) is 0. The average Bonchev–Trinajstić information content (AvgIpc) is 2.39. The first kappa shape index (κ1) is 12.2. The molecule has 0 aromatic heterocycles. The van der Waals surface area contributed by atoms with Crippen LogP contribution in [0.1, 0.15) is 10.9 Å². The topological polar surface area (TPSA) is 3.24 Å². The van der Waals surface area contributed by atoms with Gasteiger partial charge in [0, 0.05) is 0 Å². The van der Waals surface area contributed by atoms with Crippen LogP contribution in [0.3, 0.4) is 0 Å². The lowest BCUT2D eigenvalue weighted by atomic mass is 10.0. The van der Waals surface area contributed by atoms with Crippen molar-refractivity contribution in [3.05, 3.63) is 60.2 Å². The van der Waals surface area contributed by atoms with E-state index in [9.17, 15) is 0 Å². The predicted molar refractivity (Wildman–Crippen MR) is 77.3 cm³/mol. The lowest BCUT2D eigenvalue weighted by Gasteiger charge is -2.19. The Bertz CT molecular complexity index is 462. The molecule has 0 amide bonds. The molecule has 0 bridgehead atoms. The zero-order valence-corrected chi connectivity index (χ0v) is 11.1. The Labute approximate surface area is 108 Å². The van der Waals surface area contributed by atoms with Crippen molar-refractivity contribution < 1.29 is 0 Å². The molecule has 0 aliphatic heterocycles. The molecular weight excluding hydrogens is 226 g/mol. The largest absolute Gasteiger partial charge is 0.294 e. The minimum atomic E-state index is 0.153. The van der Waals surface area contributed by atoms with E-state index in [0.29, 0.717) is 0 Å². The van der Waals surface area contributed by atoms with Crippen molar-refractivity contribution >= 4 is 12.6 Å². The Morgan fingerprint density at radius 2 is 1.35 bits per heavy atom. The van der Waals surface area contributed by atoms with Crippen LogP contribution < -0.4 is 0 Å². The van der Waals surface area contributed by atoms with Crippen LogP contribution in [0, 0.1) is 0 Å². The molecule has 2 aromatic rings. The van der Waals surface area contributed by atoms with Crippen LogP contribution in [0.4, 0.5) is 0 Å². The zero-order valence-electron chi connectivity index (χ0n) is 10.2. The second-order valence-electron chi connectivity index (χ2n) is 4.33. The van der Waals surface area contributed by atoms with Crippen LogP contribution in [0.2, 0.25) is 0 Å². The van der Waals surface area contributed by atoms with E-state index in [1.165, 1.54) is 16.7 Å². The van der Waals surface area contributed by atoms with Crippen LogP contribution in [-0.2, 0) is 0 Å². The molecular formula is C15H17NS. The molecule has 1 atom stereocenters. The molecule has 0 aliphatic carbocycles. The second-order valence-corrected chi connectivity index (χ2v) is 4.81. The molecule has 0 saturated carbocycles. The van der Waals surface area contributed by atoms with Crippen LogP contribution in [-0.4, -0.2) is 19.0 Å². The fourth-order valence-corrected chi connectivity index (χ4v) is 1.95. The van der Waals surface area contributed by atoms with Gasteiger partial charge in [0.2, 0.25) is 0 Å². The molecule has 1 unspecified atom stereocenters. The normalized spacial score (nSPS) is 12.7. The van der Waals surface area contributed by atoms with Crippen molar-refractivity contribution in [3.63, 3.8) is 0 Å². The van der Waals surface area contributed by atoms with Crippen molar-refractivity contribution in [1.82, 2.24) is 4.90 Å². The van der Waals surface area contributed by atoms with Gasteiger partial charge in [0.1, 0.15) is 0 Å². The van der Waals surface area contributed by atoms with Crippen molar-refractivity contribution in [2.24, 2.45) is 0 Å². The molecule has 88 valence electrons. The summed E-state index contributed by atoms with van der Waals surface area (Å²) >= 11 is 4.56. The third-order valence-electron chi connectivity index (χ3n) is 2.81. The van der Waals surface area contributed by atoms with Gasteiger partial charge in [-0.25, -0.2) is 0 Å². The van der Waals surface area contributed by atoms with Gasteiger partial charge in [-0.3, -0.25) is 4.90 Å². The molecule has 17 heavy (non-hydrogen) atoms. The third-order valence-corrected chi connectivity index (χ3v) is 3.57. The van der Waals surface area contributed by atoms with Gasteiger partial charge in [0.25, 0.3) is 0 Å². The van der Waals surface area contributed by atoms with E-state index in [2.05, 4.69) is 66.1 Å². The maximum Gasteiger partial charge on any atom is 0.0779 e. The van der Waals surface area contributed by atoms with Gasteiger partial charge in [-0.1, -0.05) is 54.6 Å². The Kier molecular flexibility index (Phi) is 3.87. The lowest BCUT2D eigenvalue weighted by molar-refractivity contribution is 0.393. The molecule has 0 saturated heterocycles. The van der Waals surface area contributed by atoms with Gasteiger partial charge in [-0.2, -0.15) is 12.6 Å². The monoisotopic (exact) mass is 243 g/mol. The Balaban J connectivity index is 2.25. The van der Waals surface area contributed by atoms with Gasteiger partial charge >= 0.3 is 0 Å². The molecule has 2 rings (SSSR count). The number of thiol groups is 1. The summed E-state index contributed by atoms with van der Waals surface area (Å²) in [4.78, 5) is 2.08. The highest BCUT2D eigenvalue weighted by atomic mass is 32.1. The van der Waals surface area contributed by atoms with Gasteiger partial charge < -0.3 is 0 Å². The molecule has 1 nitrogen and oxygen atoms in total. The highest BCUT2D eigenvalue weighted by molar-refractivity contribution is 7.80. The second kappa shape index (κ2) is 5.39. The van der Waals surface area contributed by atoms with E-state index in [0.717, 1.165) is 0 Å². The Morgan fingerprint density at radius 1 is 0.824 bits per heavy atom. The average molecular weight is 243 g/mol. The first-order valence-electron chi connectivity index (χ1n) is 5.68. The quantitative estimate of drug-likeness (QED) is 0.633. The predicted octanol–water partition coefficient (Wildman–Crippen LogP) is 3.84. The van der Waals surface area contributed by atoms with Gasteiger partial charge in [-0.15, -0.1) is 0 Å². The smallest absolute Gasteiger partial charge is 0.0779 e. The highest BCUT2D eigenvalue weighted by Gasteiger charge is 2.08. The van der Waals surface area contributed by atoms with Gasteiger partial charge in [-0.05, 0) is 30.8 Å². The molecule has 0 fully saturated rings. The number of benzene rings is 2. The fraction of sp³-hybridized carbons (Fsp3) is 0.200. The van der Waals surface area contributed by atoms with Crippen LogP contribution in [0.25, 0.3) is 11.1 Å². The first-order chi connectivity index (χ1) is 8.18. The minimum Gasteiger partial charge on any atom is -0.294 e. The zero-order chi connectivity index (χ0) is 12.3. The molecule has 2 aromatic carbocycles. The first-order valence-corrected chi connectivity index (χ1v) is 6.20. The Hall–Kier alpha value is -1.25. The van der Waals surface area contributed by atoms with Crippen molar-refractivity contribution in [3.8, 4) is 11.1 Å². The lowest BCUT2D eigenvalue weighted by Crippen LogP contribution is -2.14. The maximum atomic E-state index is 4.56. The van der Waals surface area contributed by atoms with E-state index < -0.39 is 0 Å². The van der Waals surface area contributed by atoms with E-state index in [1.54, 1.807) is 0 Å². The summed E-state index contributed by atoms with van der Waals surface area (Å²) in [6.07, 6.45) is 0. The molecule has 0 spiro atoms. The molecule has 0 N–H and O–H groups in total. The van der Waals surface area contributed by atoms with Gasteiger partial charge in [0.15, 0.2) is 0 Å². The van der Waals surface area contributed by atoms with E-state index in [1.807, 2.05) is 20.2 Å². The van der Waals surface area contributed by atoms with Crippen molar-refractivity contribution in [1.29, 1.82) is 0 Å². The minimum absolute atomic E-state index is 0.153. The van der Waals surface area contributed by atoms with Crippen LogP contribution in [0.15, 0.2) is 54.6 Å². The molecule has 0 heterocycles. The molecule has 0 radical (unpaired) electrons. The van der Waals surface area contributed by atoms with E-state index in [4.69, 9.17) is 0 Å². The van der Waals surface area contributed by atoms with E-state index >= 15 is 0 Å². The summed E-state index contributed by atoms with van der Waals surface area (Å²) in [6, 6.07) is 19.0. The van der Waals surface area contributed by atoms with E-state index in [-0.39, 0.29) is 5.37 Å². The number of hydrogen-bond donors (Lipinski definition) is 1. The van der Waals surface area contributed by atoms with Crippen LogP contribution >= 0.6 is 12.6 Å². The molecule has 2 heteroatoms. The van der Waals surface area contributed by atoms with Gasteiger partial charge in [0.05, 0.1) is 5.37 Å². The highest BCUT2D eigenvalue weighted by Crippen LogP contribution is 2.25. The van der Waals surface area contributed by atoms with Crippen molar-refractivity contribution in [2.75, 3.05) is 14.1 Å². The summed E-state index contributed by atoms with van der Waals surface area (Å²) in [7, 11) is 4.06. The summed E-state index contributed by atoms with van der Waals surface area (Å²) in [6.45, 7) is 0. The maximum absolute atomic E-state index is 4.56. The SMILES string of the molecule is CN(C)C(S)c1ccc(-c2ccccc2)cc1. The summed E-state index contributed by atoms with van der Waals surface area (Å²) < 4.78 is 0. The molecule has 0 aliphatic rings. The number of rotatable bonds is 3. The summed E-state index contributed by atoms with van der Waals surface area (Å²) in [5.41, 5.74) is 3.71. The Morgan fingerprint density at radius 3 is 1.88 bits per heavy atom. The fourth-order valence-electron chi connectivity index (χ4n) is 1.78. The van der Waals surface area contributed by atoms with Crippen molar-refractivity contribution in [2.45, 2.75) is 5.37 Å².